The highest BCUT2D eigenvalue weighted by Crippen LogP contribution is 2.10. The first-order valence-electron chi connectivity index (χ1n) is 3.58. The summed E-state index contributed by atoms with van der Waals surface area (Å²) in [5, 5.41) is 0.179. The zero-order valence-electron chi connectivity index (χ0n) is 6.96. The number of carbonyl (C=O) groups is 1. The van der Waals surface area contributed by atoms with Crippen molar-refractivity contribution in [2.75, 3.05) is 7.11 Å². The van der Waals surface area contributed by atoms with Crippen molar-refractivity contribution in [2.45, 2.75) is 6.42 Å². The van der Waals surface area contributed by atoms with E-state index in [1.807, 2.05) is 0 Å². The average molecular weight is 202 g/mol. The molecule has 0 bridgehead atoms. The lowest BCUT2D eigenvalue weighted by atomic mass is 10.2. The van der Waals surface area contributed by atoms with Crippen LogP contribution >= 0.6 is 11.6 Å². The van der Waals surface area contributed by atoms with E-state index in [2.05, 4.69) is 9.72 Å². The third kappa shape index (κ3) is 2.59. The number of rotatable bonds is 2. The van der Waals surface area contributed by atoms with Gasteiger partial charge in [0, 0.05) is 6.07 Å². The Balaban J connectivity index is 2.90. The number of esters is 1. The molecule has 0 aliphatic carbocycles. The Morgan fingerprint density at radius 2 is 2.31 bits per heavy atom. The van der Waals surface area contributed by atoms with Gasteiger partial charge in [-0.25, -0.2) is 0 Å². The summed E-state index contributed by atoms with van der Waals surface area (Å²) >= 11 is 5.67. The largest absolute Gasteiger partial charge is 0.469 e. The van der Waals surface area contributed by atoms with E-state index in [4.69, 9.17) is 11.6 Å². The molecular formula is C8H8ClNO3. The van der Waals surface area contributed by atoms with Crippen molar-refractivity contribution in [1.29, 1.82) is 0 Å². The second-order valence-electron chi connectivity index (χ2n) is 2.41. The van der Waals surface area contributed by atoms with Crippen LogP contribution in [0.3, 0.4) is 0 Å². The van der Waals surface area contributed by atoms with Gasteiger partial charge in [-0.05, 0) is 11.6 Å². The van der Waals surface area contributed by atoms with E-state index in [0.29, 0.717) is 5.56 Å². The molecule has 1 heterocycles. The van der Waals surface area contributed by atoms with Gasteiger partial charge in [0.15, 0.2) is 0 Å². The molecule has 5 heteroatoms. The van der Waals surface area contributed by atoms with Crippen molar-refractivity contribution in [3.63, 3.8) is 0 Å². The van der Waals surface area contributed by atoms with E-state index in [9.17, 15) is 9.59 Å². The number of nitrogens with one attached hydrogen (secondary N) is 1. The quantitative estimate of drug-likeness (QED) is 0.567. The Kier molecular flexibility index (Phi) is 3.08. The maximum Gasteiger partial charge on any atom is 0.310 e. The fraction of sp³-hybridized carbons (Fsp3) is 0.250. The molecule has 0 amide bonds. The van der Waals surface area contributed by atoms with Crippen molar-refractivity contribution < 1.29 is 9.53 Å². The summed E-state index contributed by atoms with van der Waals surface area (Å²) in [6, 6.07) is 2.81. The molecule has 0 aliphatic heterocycles. The third-order valence-electron chi connectivity index (χ3n) is 1.51. The Morgan fingerprint density at radius 1 is 1.62 bits per heavy atom. The molecule has 1 rings (SSSR count). The summed E-state index contributed by atoms with van der Waals surface area (Å²) in [5.74, 6) is -0.394. The predicted molar refractivity (Wildman–Crippen MR) is 47.8 cm³/mol. The molecule has 4 nitrogen and oxygen atoms in total. The minimum Gasteiger partial charge on any atom is -0.469 e. The molecule has 0 saturated heterocycles. The van der Waals surface area contributed by atoms with Crippen molar-refractivity contribution in [2.24, 2.45) is 0 Å². The molecule has 0 aromatic carbocycles. The molecule has 1 aromatic heterocycles. The lowest BCUT2D eigenvalue weighted by Gasteiger charge is -2.00. The predicted octanol–water partition coefficient (Wildman–Crippen LogP) is 0.744. The van der Waals surface area contributed by atoms with Gasteiger partial charge in [0.25, 0.3) is 0 Å². The molecule has 0 radical (unpaired) electrons. The van der Waals surface area contributed by atoms with Gasteiger partial charge in [0.2, 0.25) is 5.56 Å². The fourth-order valence-corrected chi connectivity index (χ4v) is 1.07. The molecule has 1 N–H and O–H groups in total. The van der Waals surface area contributed by atoms with E-state index < -0.39 is 5.97 Å². The second kappa shape index (κ2) is 4.09. The Labute approximate surface area is 79.5 Å². The maximum absolute atomic E-state index is 10.8. The lowest BCUT2D eigenvalue weighted by molar-refractivity contribution is -0.139. The summed E-state index contributed by atoms with van der Waals surface area (Å²) in [4.78, 5) is 24.0. The normalized spacial score (nSPS) is 9.69. The van der Waals surface area contributed by atoms with Gasteiger partial charge in [0.05, 0.1) is 13.5 Å². The van der Waals surface area contributed by atoms with Gasteiger partial charge < -0.3 is 9.72 Å². The number of hydrogen-bond acceptors (Lipinski definition) is 3. The van der Waals surface area contributed by atoms with Crippen LogP contribution in [-0.4, -0.2) is 18.1 Å². The minimum absolute atomic E-state index is 0.0616. The molecule has 13 heavy (non-hydrogen) atoms. The number of aromatic nitrogens is 1. The number of aromatic amines is 1. The molecule has 0 aliphatic rings. The van der Waals surface area contributed by atoms with Gasteiger partial charge in [-0.15, -0.1) is 0 Å². The molecule has 0 atom stereocenters. The van der Waals surface area contributed by atoms with Gasteiger partial charge in [0.1, 0.15) is 5.15 Å². The number of carbonyl (C=O) groups excluding carboxylic acids is 1. The van der Waals surface area contributed by atoms with Crippen molar-refractivity contribution in [3.8, 4) is 0 Å². The van der Waals surface area contributed by atoms with Crippen molar-refractivity contribution >= 4 is 17.6 Å². The van der Waals surface area contributed by atoms with Gasteiger partial charge in [-0.1, -0.05) is 11.6 Å². The van der Waals surface area contributed by atoms with Crippen LogP contribution in [0.1, 0.15) is 5.56 Å². The highest BCUT2D eigenvalue weighted by molar-refractivity contribution is 6.30. The van der Waals surface area contributed by atoms with Crippen molar-refractivity contribution in [3.05, 3.63) is 33.2 Å². The highest BCUT2D eigenvalue weighted by atomic mass is 35.5. The van der Waals surface area contributed by atoms with Crippen LogP contribution in [-0.2, 0) is 16.0 Å². The summed E-state index contributed by atoms with van der Waals surface area (Å²) in [6.07, 6.45) is 0.0616. The number of H-pyrrole nitrogens is 1. The molecule has 0 unspecified atom stereocenters. The standard InChI is InChI=1S/C8H8ClNO3/c1-13-7(12)4-5-2-3-6(11)10-8(5)9/h2-3H,4H2,1H3,(H,10,11). The van der Waals surface area contributed by atoms with E-state index in [1.165, 1.54) is 19.2 Å². The fourth-order valence-electron chi connectivity index (χ4n) is 0.844. The third-order valence-corrected chi connectivity index (χ3v) is 1.85. The number of ether oxygens (including phenoxy) is 1. The zero-order chi connectivity index (χ0) is 9.84. The summed E-state index contributed by atoms with van der Waals surface area (Å²) in [5.41, 5.74) is 0.256. The maximum atomic E-state index is 10.8. The van der Waals surface area contributed by atoms with Crippen LogP contribution in [0.15, 0.2) is 16.9 Å². The Morgan fingerprint density at radius 3 is 2.85 bits per heavy atom. The topological polar surface area (TPSA) is 59.2 Å². The van der Waals surface area contributed by atoms with Crippen LogP contribution in [0.2, 0.25) is 5.15 Å². The molecule has 0 spiro atoms. The van der Waals surface area contributed by atoms with Gasteiger partial charge in [-0.3, -0.25) is 9.59 Å². The Hall–Kier alpha value is -1.29. The van der Waals surface area contributed by atoms with E-state index in [1.54, 1.807) is 0 Å². The molecule has 0 fully saturated rings. The number of halogens is 1. The molecule has 0 saturated carbocycles. The first-order valence-corrected chi connectivity index (χ1v) is 3.96. The summed E-state index contributed by atoms with van der Waals surface area (Å²) in [7, 11) is 1.29. The molecule has 1 aromatic rings. The Bertz CT molecular complexity index is 372. The van der Waals surface area contributed by atoms with Crippen LogP contribution in [0, 0.1) is 0 Å². The monoisotopic (exact) mass is 201 g/mol. The van der Waals surface area contributed by atoms with E-state index >= 15 is 0 Å². The van der Waals surface area contributed by atoms with Crippen LogP contribution in [0.25, 0.3) is 0 Å². The zero-order valence-corrected chi connectivity index (χ0v) is 7.72. The van der Waals surface area contributed by atoms with Crippen molar-refractivity contribution in [1.82, 2.24) is 4.98 Å². The van der Waals surface area contributed by atoms with E-state index in [0.717, 1.165) is 0 Å². The number of pyridine rings is 1. The minimum atomic E-state index is -0.394. The SMILES string of the molecule is COC(=O)Cc1ccc(=O)[nH]c1Cl. The smallest absolute Gasteiger partial charge is 0.310 e. The number of hydrogen-bond donors (Lipinski definition) is 1. The summed E-state index contributed by atoms with van der Waals surface area (Å²) in [6.45, 7) is 0. The summed E-state index contributed by atoms with van der Waals surface area (Å²) < 4.78 is 4.45. The average Bonchev–Trinajstić information content (AvgIpc) is 2.09. The van der Waals surface area contributed by atoms with Crippen LogP contribution < -0.4 is 5.56 Å². The second-order valence-corrected chi connectivity index (χ2v) is 2.79. The molecule has 70 valence electrons. The van der Waals surface area contributed by atoms with E-state index in [-0.39, 0.29) is 17.1 Å². The number of methoxy groups -OCH3 is 1. The first-order chi connectivity index (χ1) is 6.13. The first kappa shape index (κ1) is 9.80. The van der Waals surface area contributed by atoms with Gasteiger partial charge >= 0.3 is 5.97 Å². The highest BCUT2D eigenvalue weighted by Gasteiger charge is 2.06. The van der Waals surface area contributed by atoms with Crippen LogP contribution in [0.4, 0.5) is 0 Å². The van der Waals surface area contributed by atoms with Crippen LogP contribution in [0.5, 0.6) is 0 Å². The van der Waals surface area contributed by atoms with Gasteiger partial charge in [-0.2, -0.15) is 0 Å². The lowest BCUT2D eigenvalue weighted by Crippen LogP contribution is -2.09. The molecular weight excluding hydrogens is 194 g/mol.